The van der Waals surface area contributed by atoms with Gasteiger partial charge in [0.2, 0.25) is 0 Å². The minimum atomic E-state index is -0.715. The molecule has 1 atom stereocenters. The zero-order chi connectivity index (χ0) is 16.7. The van der Waals surface area contributed by atoms with Crippen LogP contribution in [0.3, 0.4) is 0 Å². The Bertz CT molecular complexity index is 499. The number of nitrogens with one attached hydrogen (secondary N) is 1. The molecule has 1 aliphatic heterocycles. The Morgan fingerprint density at radius 2 is 2.00 bits per heavy atom. The fourth-order valence-electron chi connectivity index (χ4n) is 2.99. The molecule has 0 amide bonds. The zero-order valence-electron chi connectivity index (χ0n) is 14.1. The van der Waals surface area contributed by atoms with Crippen molar-refractivity contribution in [3.63, 3.8) is 0 Å². The van der Waals surface area contributed by atoms with Gasteiger partial charge in [-0.2, -0.15) is 0 Å². The number of morpholine rings is 1. The van der Waals surface area contributed by atoms with Crippen molar-refractivity contribution in [3.05, 3.63) is 29.8 Å². The predicted octanol–water partition coefficient (Wildman–Crippen LogP) is 2.36. The Labute approximate surface area is 138 Å². The van der Waals surface area contributed by atoms with Gasteiger partial charge in [0.1, 0.15) is 0 Å². The first kappa shape index (κ1) is 17.8. The molecule has 0 saturated carbocycles. The number of carboxylic acid groups (broad SMARTS) is 1. The van der Waals surface area contributed by atoms with Crippen LogP contribution in [0, 0.1) is 11.8 Å². The Morgan fingerprint density at radius 3 is 2.65 bits per heavy atom. The highest BCUT2D eigenvalue weighted by Crippen LogP contribution is 2.21. The first-order chi connectivity index (χ1) is 11.1. The van der Waals surface area contributed by atoms with Crippen molar-refractivity contribution >= 4 is 11.7 Å². The molecule has 1 heterocycles. The molecular weight excluding hydrogens is 292 g/mol. The fourth-order valence-corrected chi connectivity index (χ4v) is 2.99. The van der Waals surface area contributed by atoms with E-state index in [0.29, 0.717) is 25.4 Å². The molecule has 5 heteroatoms. The number of aliphatic carboxylic acids is 1. The van der Waals surface area contributed by atoms with E-state index in [-0.39, 0.29) is 5.92 Å². The molecule has 1 unspecified atom stereocenters. The lowest BCUT2D eigenvalue weighted by Crippen LogP contribution is -2.37. The number of anilines is 1. The Hall–Kier alpha value is -1.59. The van der Waals surface area contributed by atoms with Gasteiger partial charge in [-0.25, -0.2) is 0 Å². The minimum absolute atomic E-state index is 0.328. The smallest absolute Gasteiger partial charge is 0.307 e. The number of hydrogen-bond donors (Lipinski definition) is 2. The van der Waals surface area contributed by atoms with Crippen LogP contribution in [-0.4, -0.2) is 43.9 Å². The van der Waals surface area contributed by atoms with Gasteiger partial charge in [0, 0.05) is 31.9 Å². The van der Waals surface area contributed by atoms with Crippen LogP contribution in [0.5, 0.6) is 0 Å². The van der Waals surface area contributed by atoms with Crippen LogP contribution >= 0.6 is 0 Å². The number of rotatable bonds is 8. The predicted molar refractivity (Wildman–Crippen MR) is 91.8 cm³/mol. The maximum atomic E-state index is 11.3. The van der Waals surface area contributed by atoms with E-state index in [0.717, 1.165) is 26.3 Å². The van der Waals surface area contributed by atoms with E-state index >= 15 is 0 Å². The van der Waals surface area contributed by atoms with E-state index in [2.05, 4.69) is 36.2 Å². The highest BCUT2D eigenvalue weighted by Gasteiger charge is 2.19. The fraction of sp³-hybridized carbons (Fsp3) is 0.611. The molecule has 128 valence electrons. The van der Waals surface area contributed by atoms with Crippen LogP contribution in [0.15, 0.2) is 24.3 Å². The molecule has 1 aliphatic rings. The molecule has 23 heavy (non-hydrogen) atoms. The van der Waals surface area contributed by atoms with Crippen LogP contribution in [0.4, 0.5) is 5.69 Å². The lowest BCUT2D eigenvalue weighted by molar-refractivity contribution is -0.142. The van der Waals surface area contributed by atoms with Gasteiger partial charge in [-0.1, -0.05) is 32.0 Å². The molecule has 1 fully saturated rings. The summed E-state index contributed by atoms with van der Waals surface area (Å²) in [5.41, 5.74) is 2.43. The van der Waals surface area contributed by atoms with Crippen molar-refractivity contribution in [1.82, 2.24) is 5.32 Å². The van der Waals surface area contributed by atoms with E-state index in [9.17, 15) is 9.90 Å². The topological polar surface area (TPSA) is 61.8 Å². The summed E-state index contributed by atoms with van der Waals surface area (Å²) in [7, 11) is 0. The van der Waals surface area contributed by atoms with Crippen molar-refractivity contribution in [2.45, 2.75) is 26.8 Å². The summed E-state index contributed by atoms with van der Waals surface area (Å²) in [4.78, 5) is 13.7. The SMILES string of the molecule is CC(C)CC(CNCc1ccccc1N1CCOCC1)C(=O)O. The van der Waals surface area contributed by atoms with Gasteiger partial charge in [0.05, 0.1) is 19.1 Å². The average molecular weight is 320 g/mol. The molecule has 5 nitrogen and oxygen atoms in total. The number of para-hydroxylation sites is 1. The summed E-state index contributed by atoms with van der Waals surface area (Å²) in [5, 5.41) is 12.6. The second-order valence-electron chi connectivity index (χ2n) is 6.52. The highest BCUT2D eigenvalue weighted by molar-refractivity contribution is 5.70. The third-order valence-corrected chi connectivity index (χ3v) is 4.15. The molecule has 0 radical (unpaired) electrons. The van der Waals surface area contributed by atoms with Crippen LogP contribution in [0.1, 0.15) is 25.8 Å². The summed E-state index contributed by atoms with van der Waals surface area (Å²) in [6.45, 7) is 8.65. The third-order valence-electron chi connectivity index (χ3n) is 4.15. The van der Waals surface area contributed by atoms with Gasteiger partial charge in [-0.15, -0.1) is 0 Å². The van der Waals surface area contributed by atoms with Gasteiger partial charge in [-0.05, 0) is 24.0 Å². The molecular formula is C18H28N2O3. The van der Waals surface area contributed by atoms with Crippen LogP contribution in [0.2, 0.25) is 0 Å². The molecule has 0 bridgehead atoms. The summed E-state index contributed by atoms with van der Waals surface area (Å²) >= 11 is 0. The van der Waals surface area contributed by atoms with Crippen LogP contribution in [-0.2, 0) is 16.1 Å². The monoisotopic (exact) mass is 320 g/mol. The van der Waals surface area contributed by atoms with Crippen molar-refractivity contribution in [3.8, 4) is 0 Å². The Morgan fingerprint density at radius 1 is 1.30 bits per heavy atom. The van der Waals surface area contributed by atoms with Crippen LogP contribution in [0.25, 0.3) is 0 Å². The maximum Gasteiger partial charge on any atom is 0.307 e. The molecule has 1 aromatic carbocycles. The summed E-state index contributed by atoms with van der Waals surface area (Å²) in [5.74, 6) is -0.656. The number of hydrogen-bond acceptors (Lipinski definition) is 4. The zero-order valence-corrected chi connectivity index (χ0v) is 14.1. The summed E-state index contributed by atoms with van der Waals surface area (Å²) in [6.07, 6.45) is 0.702. The number of carbonyl (C=O) groups is 1. The number of benzene rings is 1. The molecule has 1 saturated heterocycles. The largest absolute Gasteiger partial charge is 0.481 e. The molecule has 2 rings (SSSR count). The highest BCUT2D eigenvalue weighted by atomic mass is 16.5. The number of carboxylic acids is 1. The lowest BCUT2D eigenvalue weighted by Gasteiger charge is -2.30. The van der Waals surface area contributed by atoms with Gasteiger partial charge in [0.15, 0.2) is 0 Å². The van der Waals surface area contributed by atoms with E-state index in [1.165, 1.54) is 11.3 Å². The molecule has 0 spiro atoms. The number of ether oxygens (including phenoxy) is 1. The second kappa shape index (κ2) is 8.89. The molecule has 2 N–H and O–H groups in total. The van der Waals surface area contributed by atoms with E-state index in [1.807, 2.05) is 12.1 Å². The van der Waals surface area contributed by atoms with Crippen molar-refractivity contribution in [2.75, 3.05) is 37.7 Å². The molecule has 0 aliphatic carbocycles. The first-order valence-electron chi connectivity index (χ1n) is 8.42. The molecule has 0 aromatic heterocycles. The minimum Gasteiger partial charge on any atom is -0.481 e. The number of nitrogens with zero attached hydrogens (tertiary/aromatic N) is 1. The molecule has 1 aromatic rings. The third kappa shape index (κ3) is 5.52. The first-order valence-corrected chi connectivity index (χ1v) is 8.42. The average Bonchev–Trinajstić information content (AvgIpc) is 2.54. The second-order valence-corrected chi connectivity index (χ2v) is 6.52. The van der Waals surface area contributed by atoms with E-state index < -0.39 is 5.97 Å². The van der Waals surface area contributed by atoms with Gasteiger partial charge in [-0.3, -0.25) is 4.79 Å². The normalized spacial score (nSPS) is 16.6. The van der Waals surface area contributed by atoms with Crippen molar-refractivity contribution in [1.29, 1.82) is 0 Å². The van der Waals surface area contributed by atoms with Gasteiger partial charge in [0.25, 0.3) is 0 Å². The lowest BCUT2D eigenvalue weighted by atomic mass is 9.97. The Balaban J connectivity index is 1.93. The van der Waals surface area contributed by atoms with Crippen molar-refractivity contribution < 1.29 is 14.6 Å². The quantitative estimate of drug-likeness (QED) is 0.770. The summed E-state index contributed by atoms with van der Waals surface area (Å²) < 4.78 is 5.41. The standard InChI is InChI=1S/C18H28N2O3/c1-14(2)11-16(18(21)22)13-19-12-15-5-3-4-6-17(15)20-7-9-23-10-8-20/h3-6,14,16,19H,7-13H2,1-2H3,(H,21,22). The van der Waals surface area contributed by atoms with Gasteiger partial charge >= 0.3 is 5.97 Å². The summed E-state index contributed by atoms with van der Waals surface area (Å²) in [6, 6.07) is 8.32. The Kier molecular flexibility index (Phi) is 6.86. The van der Waals surface area contributed by atoms with Crippen LogP contribution < -0.4 is 10.2 Å². The van der Waals surface area contributed by atoms with Crippen molar-refractivity contribution in [2.24, 2.45) is 11.8 Å². The van der Waals surface area contributed by atoms with E-state index in [4.69, 9.17) is 4.74 Å². The van der Waals surface area contributed by atoms with Gasteiger partial charge < -0.3 is 20.1 Å². The maximum absolute atomic E-state index is 11.3. The van der Waals surface area contributed by atoms with E-state index in [1.54, 1.807) is 0 Å².